The molecule has 3 aromatic carbocycles. The van der Waals surface area contributed by atoms with E-state index in [2.05, 4.69) is 26.5 Å². The van der Waals surface area contributed by atoms with Gasteiger partial charge < -0.3 is 15.3 Å². The molecule has 2 atom stereocenters. The summed E-state index contributed by atoms with van der Waals surface area (Å²) >= 11 is 6.17. The average Bonchev–Trinajstić information content (AvgIpc) is 2.92. The van der Waals surface area contributed by atoms with Crippen molar-refractivity contribution < 1.29 is 29.7 Å². The molecule has 39 heavy (non-hydrogen) atoms. The monoisotopic (exact) mass is 553 g/mol. The van der Waals surface area contributed by atoms with E-state index in [1.807, 2.05) is 0 Å². The van der Waals surface area contributed by atoms with E-state index in [9.17, 15) is 24.6 Å². The Labute approximate surface area is 230 Å². The van der Waals surface area contributed by atoms with Gasteiger partial charge in [-0.15, -0.1) is 0 Å². The van der Waals surface area contributed by atoms with Crippen molar-refractivity contribution in [1.29, 1.82) is 0 Å². The molecule has 7 N–H and O–H groups in total. The van der Waals surface area contributed by atoms with Crippen LogP contribution in [0.4, 0.5) is 11.4 Å². The maximum atomic E-state index is 12.5. The molecule has 0 aliphatic rings. The quantitative estimate of drug-likeness (QED) is 0.0972. The van der Waals surface area contributed by atoms with E-state index in [1.165, 1.54) is 43.3 Å². The van der Waals surface area contributed by atoms with Crippen LogP contribution in [-0.4, -0.2) is 39.6 Å². The van der Waals surface area contributed by atoms with E-state index in [4.69, 9.17) is 23.3 Å². The van der Waals surface area contributed by atoms with Crippen molar-refractivity contribution in [3.63, 3.8) is 0 Å². The number of nitrogens with one attached hydrogen (secondary N) is 4. The van der Waals surface area contributed by atoms with Gasteiger partial charge in [-0.1, -0.05) is 23.7 Å². The van der Waals surface area contributed by atoms with Crippen molar-refractivity contribution in [2.45, 2.75) is 26.4 Å². The molecule has 0 bridgehead atoms. The number of phenolic OH excluding ortho intramolecular Hbond substituents is 2. The molecule has 0 spiro atoms. The molecule has 0 aliphatic heterocycles. The lowest BCUT2D eigenvalue weighted by Gasteiger charge is -2.21. The number of halogens is 1. The largest absolute Gasteiger partial charge is 0.508 e. The molecule has 3 aromatic rings. The molecule has 0 fully saturated rings. The molecule has 12 heteroatoms. The summed E-state index contributed by atoms with van der Waals surface area (Å²) < 4.78 is 0. The van der Waals surface area contributed by atoms with Gasteiger partial charge >= 0.3 is 0 Å². The lowest BCUT2D eigenvalue weighted by molar-refractivity contribution is -0.129. The second-order valence-corrected chi connectivity index (χ2v) is 8.65. The van der Waals surface area contributed by atoms with Gasteiger partial charge in [-0.3, -0.25) is 36.1 Å². The van der Waals surface area contributed by atoms with Crippen LogP contribution in [-0.2, 0) is 16.0 Å². The highest BCUT2D eigenvalue weighted by atomic mass is 35.5. The topological polar surface area (TPSA) is 164 Å². The Morgan fingerprint density at radius 2 is 1.59 bits per heavy atom. The first-order valence-corrected chi connectivity index (χ1v) is 11.9. The van der Waals surface area contributed by atoms with E-state index in [1.54, 1.807) is 31.2 Å². The Bertz CT molecular complexity index is 1320. The average molecular weight is 554 g/mol. The van der Waals surface area contributed by atoms with Crippen LogP contribution in [0.3, 0.4) is 0 Å². The van der Waals surface area contributed by atoms with Crippen LogP contribution >= 0.6 is 11.6 Å². The van der Waals surface area contributed by atoms with Gasteiger partial charge in [0.2, 0.25) is 18.0 Å². The number of amides is 3. The zero-order valence-corrected chi connectivity index (χ0v) is 21.9. The summed E-state index contributed by atoms with van der Waals surface area (Å²) in [5.74, 6) is -1.74. The molecule has 3 rings (SSSR count). The number of carbonyl (C=O) groups is 3. The lowest BCUT2D eigenvalue weighted by Crippen LogP contribution is -2.47. The van der Waals surface area contributed by atoms with Crippen LogP contribution in [0.15, 0.2) is 60.7 Å². The summed E-state index contributed by atoms with van der Waals surface area (Å²) in [6, 6.07) is 15.1. The Kier molecular flexibility index (Phi) is 11.6. The molecule has 0 heterocycles. The number of aliphatic hydroxyl groups excluding tert-OH is 1. The van der Waals surface area contributed by atoms with Gasteiger partial charge in [0.1, 0.15) is 11.5 Å². The zero-order chi connectivity index (χ0) is 28.9. The molecule has 0 radical (unpaired) electrons. The number of carbonyl (C=O) groups excluding carboxylic acids is 3. The van der Waals surface area contributed by atoms with E-state index >= 15 is 0 Å². The molecule has 0 aliphatic carbocycles. The smallest absolute Gasteiger partial charge is 0.269 e. The number of hydrogen-bond acceptors (Lipinski definition) is 7. The van der Waals surface area contributed by atoms with E-state index in [0.29, 0.717) is 22.7 Å². The van der Waals surface area contributed by atoms with E-state index in [-0.39, 0.29) is 23.5 Å². The number of anilines is 1. The lowest BCUT2D eigenvalue weighted by atomic mass is 9.91. The highest BCUT2D eigenvalue weighted by Gasteiger charge is 2.26. The highest BCUT2D eigenvalue weighted by molar-refractivity contribution is 6.34. The van der Waals surface area contributed by atoms with Gasteiger partial charge in [-0.25, -0.2) is 4.85 Å². The Morgan fingerprint density at radius 3 is 2.13 bits per heavy atom. The summed E-state index contributed by atoms with van der Waals surface area (Å²) in [5.41, 5.74) is 12.1. The number of hydrogen-bond donors (Lipinski definition) is 7. The fraction of sp³-hybridized carbons (Fsp3) is 0.185. The number of phenols is 2. The molecule has 0 saturated carbocycles. The zero-order valence-electron chi connectivity index (χ0n) is 21.1. The van der Waals surface area contributed by atoms with Crippen LogP contribution in [0.2, 0.25) is 5.02 Å². The van der Waals surface area contributed by atoms with E-state index < -0.39 is 23.8 Å². The van der Waals surface area contributed by atoms with Crippen molar-refractivity contribution in [3.05, 3.63) is 93.8 Å². The minimum Gasteiger partial charge on any atom is -0.508 e. The van der Waals surface area contributed by atoms with Crippen LogP contribution in [0.25, 0.3) is 4.85 Å². The standard InChI is InChI=1S/C20H20ClN3O4.C7H8N2O2/c1-11-14(6-9-17(22-3)18(11)21)10-16(12(2)25)20(28)24-23-19(27)13-4-7-15(26)8-5-13;10-5-8-9-6-1-3-7(11)4-2-6/h4-9,12,16,25-26H,10H2,1-2H3,(H,23,27)(H,24,28);1-5,9,11H,(H,8,10)/t12-,16+;/m0./s1. The van der Waals surface area contributed by atoms with Crippen molar-refractivity contribution in [1.82, 2.24) is 16.3 Å². The summed E-state index contributed by atoms with van der Waals surface area (Å²) in [4.78, 5) is 37.7. The predicted octanol–water partition coefficient (Wildman–Crippen LogP) is 3.37. The number of rotatable bonds is 8. The van der Waals surface area contributed by atoms with Crippen LogP contribution in [0.5, 0.6) is 11.5 Å². The summed E-state index contributed by atoms with van der Waals surface area (Å²) in [6.07, 6.45) is -0.265. The fourth-order valence-corrected chi connectivity index (χ4v) is 3.52. The van der Waals surface area contributed by atoms with E-state index in [0.717, 1.165) is 11.3 Å². The molecule has 0 aromatic heterocycles. The third kappa shape index (κ3) is 9.23. The molecule has 0 unspecified atom stereocenters. The number of aromatic hydroxyl groups is 2. The third-order valence-corrected chi connectivity index (χ3v) is 6.01. The Hall–Kier alpha value is -4.79. The Morgan fingerprint density at radius 1 is 1.00 bits per heavy atom. The van der Waals surface area contributed by atoms with Gasteiger partial charge in [0.25, 0.3) is 5.91 Å². The van der Waals surface area contributed by atoms with Crippen molar-refractivity contribution in [2.75, 3.05) is 5.43 Å². The molecule has 0 saturated heterocycles. The minimum atomic E-state index is -0.982. The summed E-state index contributed by atoms with van der Waals surface area (Å²) in [6.45, 7) is 10.3. The second-order valence-electron chi connectivity index (χ2n) is 8.27. The second kappa shape index (κ2) is 14.8. The first-order valence-electron chi connectivity index (χ1n) is 11.5. The SMILES string of the molecule is O=CNNc1ccc(O)cc1.[C-]#[N+]c1ccc(C[C@@H](C(=O)NNC(=O)c2ccc(O)cc2)[C@H](C)O)c(C)c1Cl. The number of aliphatic hydroxyl groups is 1. The van der Waals surface area contributed by atoms with Gasteiger partial charge in [-0.05, 0) is 79.9 Å². The van der Waals surface area contributed by atoms with Gasteiger partial charge in [0, 0.05) is 5.56 Å². The van der Waals surface area contributed by atoms with Crippen molar-refractivity contribution >= 4 is 41.2 Å². The molecular weight excluding hydrogens is 526 g/mol. The highest BCUT2D eigenvalue weighted by Crippen LogP contribution is 2.32. The first-order chi connectivity index (χ1) is 18.6. The fourth-order valence-electron chi connectivity index (χ4n) is 3.29. The van der Waals surface area contributed by atoms with Crippen LogP contribution in [0.1, 0.15) is 28.4 Å². The maximum Gasteiger partial charge on any atom is 0.269 e. The third-order valence-electron chi connectivity index (χ3n) is 5.53. The molecule has 11 nitrogen and oxygen atoms in total. The molecular formula is C27H28ClN5O6. The predicted molar refractivity (Wildman–Crippen MR) is 146 cm³/mol. The van der Waals surface area contributed by atoms with Crippen molar-refractivity contribution in [3.8, 4) is 11.5 Å². The summed E-state index contributed by atoms with van der Waals surface area (Å²) in [7, 11) is 0. The number of benzene rings is 3. The molecule has 3 amide bonds. The summed E-state index contributed by atoms with van der Waals surface area (Å²) in [5, 5.41) is 28.5. The normalized spacial score (nSPS) is 11.5. The Balaban J connectivity index is 0.000000404. The van der Waals surface area contributed by atoms with Gasteiger partial charge in [0.15, 0.2) is 0 Å². The minimum absolute atomic E-state index is 0.0213. The van der Waals surface area contributed by atoms with Crippen LogP contribution < -0.4 is 21.7 Å². The number of hydrazine groups is 2. The first kappa shape index (κ1) is 30.4. The van der Waals surface area contributed by atoms with Gasteiger partial charge in [0.05, 0.1) is 29.3 Å². The van der Waals surface area contributed by atoms with Gasteiger partial charge in [-0.2, -0.15) is 0 Å². The number of nitrogens with zero attached hydrogens (tertiary/aromatic N) is 1. The van der Waals surface area contributed by atoms with Crippen LogP contribution in [0, 0.1) is 19.4 Å². The van der Waals surface area contributed by atoms with Crippen molar-refractivity contribution in [2.24, 2.45) is 5.92 Å². The maximum absolute atomic E-state index is 12.5. The molecule has 204 valence electrons.